The molecule has 1 aromatic heterocycles. The van der Waals surface area contributed by atoms with E-state index in [1.165, 1.54) is 64.9 Å². The highest BCUT2D eigenvalue weighted by Crippen LogP contribution is 2.44. The highest BCUT2D eigenvalue weighted by molar-refractivity contribution is 7.98. The number of esters is 1. The van der Waals surface area contributed by atoms with Gasteiger partial charge in [0.2, 0.25) is 0 Å². The second-order valence-corrected chi connectivity index (χ2v) is 12.4. The number of nitrogens with zero attached hydrogens (tertiary/aromatic N) is 3. The van der Waals surface area contributed by atoms with Crippen molar-refractivity contribution in [3.8, 4) is 0 Å². The maximum Gasteiger partial charge on any atom is 0.328 e. The van der Waals surface area contributed by atoms with E-state index in [0.29, 0.717) is 35.8 Å². The highest BCUT2D eigenvalue weighted by atomic mass is 32.2. The van der Waals surface area contributed by atoms with Crippen molar-refractivity contribution in [2.45, 2.75) is 107 Å². The Bertz CT molecular complexity index is 1210. The van der Waals surface area contributed by atoms with Crippen LogP contribution in [-0.2, 0) is 9.53 Å². The molecule has 1 saturated carbocycles. The number of nitrogens with one attached hydrogen (secondary N) is 1. The summed E-state index contributed by atoms with van der Waals surface area (Å²) in [5.74, 6) is -0.458. The van der Waals surface area contributed by atoms with Gasteiger partial charge in [0.25, 0.3) is 11.5 Å². The van der Waals surface area contributed by atoms with Crippen molar-refractivity contribution < 1.29 is 14.3 Å². The number of amides is 1. The van der Waals surface area contributed by atoms with Crippen LogP contribution in [0.1, 0.15) is 93.6 Å². The molecule has 2 bridgehead atoms. The molecular formula is C30H42N4O4S. The molecule has 1 aromatic carbocycles. The van der Waals surface area contributed by atoms with Crippen LogP contribution in [0.25, 0.3) is 11.0 Å². The molecule has 2 aromatic rings. The first kappa shape index (κ1) is 28.1. The highest BCUT2D eigenvalue weighted by Gasteiger charge is 2.44. The average Bonchev–Trinajstić information content (AvgIpc) is 3.18. The van der Waals surface area contributed by atoms with E-state index in [-0.39, 0.29) is 17.3 Å². The molecule has 0 radical (unpaired) electrons. The molecule has 5 rings (SSSR count). The summed E-state index contributed by atoms with van der Waals surface area (Å²) >= 11 is 1.58. The summed E-state index contributed by atoms with van der Waals surface area (Å²) in [5.41, 5.74) is 0.871. The minimum Gasteiger partial charge on any atom is -0.467 e. The number of benzene rings is 1. The number of thioether (sulfide) groups is 1. The van der Waals surface area contributed by atoms with Gasteiger partial charge >= 0.3 is 5.97 Å². The maximum absolute atomic E-state index is 14.0. The van der Waals surface area contributed by atoms with Crippen LogP contribution in [-0.4, -0.2) is 69.6 Å². The van der Waals surface area contributed by atoms with Crippen LogP contribution in [0, 0.1) is 0 Å². The molecule has 2 aliphatic heterocycles. The van der Waals surface area contributed by atoms with Crippen molar-refractivity contribution in [1.82, 2.24) is 19.8 Å². The molecule has 3 unspecified atom stereocenters. The molecular weight excluding hydrogens is 512 g/mol. The first-order valence-corrected chi connectivity index (χ1v) is 16.1. The Kier molecular flexibility index (Phi) is 9.28. The van der Waals surface area contributed by atoms with Gasteiger partial charge in [0.15, 0.2) is 5.69 Å². The van der Waals surface area contributed by atoms with Crippen molar-refractivity contribution in [2.75, 3.05) is 19.1 Å². The number of carbonyl (C=O) groups is 2. The van der Waals surface area contributed by atoms with E-state index in [9.17, 15) is 14.4 Å². The summed E-state index contributed by atoms with van der Waals surface area (Å²) in [5, 5.41) is 2.73. The average molecular weight is 555 g/mol. The first-order chi connectivity index (χ1) is 19.0. The molecule has 3 heterocycles. The first-order valence-electron chi connectivity index (χ1n) is 14.7. The van der Waals surface area contributed by atoms with E-state index in [1.54, 1.807) is 11.8 Å². The van der Waals surface area contributed by atoms with Gasteiger partial charge in [0.1, 0.15) is 6.04 Å². The van der Waals surface area contributed by atoms with E-state index in [2.05, 4.69) is 15.2 Å². The second-order valence-electron chi connectivity index (χ2n) is 11.4. The van der Waals surface area contributed by atoms with Crippen LogP contribution in [0.2, 0.25) is 0 Å². The van der Waals surface area contributed by atoms with Crippen LogP contribution in [0.15, 0.2) is 29.1 Å². The molecule has 8 nitrogen and oxygen atoms in total. The summed E-state index contributed by atoms with van der Waals surface area (Å²) in [6.07, 6.45) is 15.8. The number of hydrogen-bond acceptors (Lipinski definition) is 7. The summed E-state index contributed by atoms with van der Waals surface area (Å²) < 4.78 is 6.74. The molecule has 1 aliphatic carbocycles. The molecule has 1 N–H and O–H groups in total. The summed E-state index contributed by atoms with van der Waals surface area (Å²) in [6, 6.07) is 8.40. The van der Waals surface area contributed by atoms with Crippen molar-refractivity contribution >= 4 is 34.7 Å². The van der Waals surface area contributed by atoms with Gasteiger partial charge in [0, 0.05) is 24.2 Å². The van der Waals surface area contributed by atoms with Gasteiger partial charge in [0.05, 0.1) is 18.1 Å². The maximum atomic E-state index is 14.0. The quantitative estimate of drug-likeness (QED) is 0.473. The number of carbonyl (C=O) groups excluding carboxylic acids is 2. The Balaban J connectivity index is 1.43. The van der Waals surface area contributed by atoms with Crippen LogP contribution in [0.5, 0.6) is 0 Å². The van der Waals surface area contributed by atoms with Gasteiger partial charge in [-0.25, -0.2) is 9.78 Å². The number of hydrogen-bond donors (Lipinski definition) is 1. The Morgan fingerprint density at radius 1 is 1.00 bits per heavy atom. The van der Waals surface area contributed by atoms with Crippen molar-refractivity contribution in [3.05, 3.63) is 40.3 Å². The molecule has 9 heteroatoms. The lowest BCUT2D eigenvalue weighted by atomic mass is 9.89. The van der Waals surface area contributed by atoms with Crippen molar-refractivity contribution in [1.29, 1.82) is 0 Å². The van der Waals surface area contributed by atoms with E-state index in [0.717, 1.165) is 18.4 Å². The SMILES string of the molecule is COC(=O)C(CCSC)NC(=O)c1nc2ccccc2n(C2CC3CCC(C2)N3C2CCCCCCC2)c1=O. The smallest absolute Gasteiger partial charge is 0.328 e. The number of para-hydroxylation sites is 2. The zero-order valence-corrected chi connectivity index (χ0v) is 24.1. The van der Waals surface area contributed by atoms with Crippen molar-refractivity contribution in [3.63, 3.8) is 0 Å². The Morgan fingerprint density at radius 2 is 1.67 bits per heavy atom. The second kappa shape index (κ2) is 12.9. The van der Waals surface area contributed by atoms with Crippen LogP contribution >= 0.6 is 11.8 Å². The van der Waals surface area contributed by atoms with E-state index >= 15 is 0 Å². The van der Waals surface area contributed by atoms with Crippen LogP contribution in [0.3, 0.4) is 0 Å². The minimum absolute atomic E-state index is 0.0205. The fourth-order valence-corrected chi connectivity index (χ4v) is 7.71. The van der Waals surface area contributed by atoms with Crippen molar-refractivity contribution in [2.24, 2.45) is 0 Å². The zero-order chi connectivity index (χ0) is 27.4. The van der Waals surface area contributed by atoms with Gasteiger partial charge in [-0.2, -0.15) is 11.8 Å². The van der Waals surface area contributed by atoms with E-state index in [1.807, 2.05) is 35.1 Å². The molecule has 212 valence electrons. The summed E-state index contributed by atoms with van der Waals surface area (Å²) in [7, 11) is 1.30. The standard InChI is InChI=1S/C30H42N4O4S/c1-38-30(37)25(16-17-39-2)32-28(35)27-29(36)34(26-13-9-8-12-24(26)31-27)23-18-21-14-15-22(19-23)33(21)20-10-6-4-3-5-7-11-20/h8-9,12-13,20-23,25H,3-7,10-11,14-19H2,1-2H3,(H,32,35). The third kappa shape index (κ3) is 6.04. The minimum atomic E-state index is -0.820. The molecule has 3 fully saturated rings. The van der Waals surface area contributed by atoms with E-state index in [4.69, 9.17) is 4.74 Å². The monoisotopic (exact) mass is 554 g/mol. The summed E-state index contributed by atoms with van der Waals surface area (Å²) in [6.45, 7) is 0. The Hall–Kier alpha value is -2.39. The Labute approximate surface area is 235 Å². The zero-order valence-electron chi connectivity index (χ0n) is 23.3. The number of piperidine rings is 1. The van der Waals surface area contributed by atoms with E-state index < -0.39 is 17.9 Å². The third-order valence-electron chi connectivity index (χ3n) is 9.04. The fraction of sp³-hybridized carbons (Fsp3) is 0.667. The van der Waals surface area contributed by atoms with Gasteiger partial charge in [-0.05, 0) is 69.1 Å². The van der Waals surface area contributed by atoms with Gasteiger partial charge in [-0.3, -0.25) is 14.5 Å². The van der Waals surface area contributed by atoms with Gasteiger partial charge in [-0.15, -0.1) is 0 Å². The molecule has 3 atom stereocenters. The number of aromatic nitrogens is 2. The number of rotatable bonds is 8. The van der Waals surface area contributed by atoms with Gasteiger partial charge in [-0.1, -0.05) is 44.2 Å². The van der Waals surface area contributed by atoms with Gasteiger partial charge < -0.3 is 14.6 Å². The largest absolute Gasteiger partial charge is 0.467 e. The third-order valence-corrected chi connectivity index (χ3v) is 9.68. The molecule has 39 heavy (non-hydrogen) atoms. The Morgan fingerprint density at radius 3 is 2.33 bits per heavy atom. The number of fused-ring (bicyclic) bond motifs is 3. The predicted molar refractivity (Wildman–Crippen MR) is 155 cm³/mol. The molecule has 1 amide bonds. The number of ether oxygens (including phenoxy) is 1. The fourth-order valence-electron chi connectivity index (χ4n) is 7.24. The predicted octanol–water partition coefficient (Wildman–Crippen LogP) is 4.70. The molecule has 2 saturated heterocycles. The van der Waals surface area contributed by atoms with Crippen LogP contribution < -0.4 is 10.9 Å². The molecule has 3 aliphatic rings. The summed E-state index contributed by atoms with van der Waals surface area (Å²) in [4.78, 5) is 47.0. The normalized spacial score (nSPS) is 25.1. The molecule has 0 spiro atoms. The lowest BCUT2D eigenvalue weighted by Gasteiger charge is -2.45. The topological polar surface area (TPSA) is 93.5 Å². The lowest BCUT2D eigenvalue weighted by molar-refractivity contribution is -0.142. The number of methoxy groups -OCH3 is 1. The van der Waals surface area contributed by atoms with Crippen LogP contribution in [0.4, 0.5) is 0 Å². The lowest BCUT2D eigenvalue weighted by Crippen LogP contribution is -2.50.